The first-order valence-corrected chi connectivity index (χ1v) is 5.59. The average Bonchev–Trinajstić information content (AvgIpc) is 2.25. The molecule has 0 aliphatic rings. The fraction of sp³-hybridized carbons (Fsp3) is 0.462. The molecule has 1 aromatic rings. The molecule has 0 aromatic heterocycles. The number of hydrogen-bond acceptors (Lipinski definition) is 3. The quantitative estimate of drug-likeness (QED) is 0.825. The largest absolute Gasteiger partial charge is 0.490 e. The van der Waals surface area contributed by atoms with Crippen LogP contribution in [0.4, 0.5) is 0 Å². The van der Waals surface area contributed by atoms with Crippen molar-refractivity contribution in [1.29, 1.82) is 0 Å². The Kier molecular flexibility index (Phi) is 4.97. The molecular formula is C13H18O4. The Labute approximate surface area is 101 Å². The first kappa shape index (κ1) is 13.5. The Hall–Kier alpha value is -1.55. The van der Waals surface area contributed by atoms with Crippen molar-refractivity contribution in [3.63, 3.8) is 0 Å². The van der Waals surface area contributed by atoms with E-state index >= 15 is 0 Å². The minimum absolute atomic E-state index is 0.0209. The molecule has 0 heterocycles. The Morgan fingerprint density at radius 3 is 2.65 bits per heavy atom. The van der Waals surface area contributed by atoms with Gasteiger partial charge in [-0.2, -0.15) is 0 Å². The highest BCUT2D eigenvalue weighted by molar-refractivity contribution is 5.72. The van der Waals surface area contributed by atoms with Crippen LogP contribution in [0.15, 0.2) is 18.2 Å². The molecule has 1 aromatic carbocycles. The maximum Gasteiger partial charge on any atom is 0.336 e. The van der Waals surface area contributed by atoms with E-state index in [4.69, 9.17) is 14.6 Å². The third-order valence-electron chi connectivity index (χ3n) is 2.36. The van der Waals surface area contributed by atoms with Crippen LogP contribution in [0.2, 0.25) is 0 Å². The maximum atomic E-state index is 10.8. The van der Waals surface area contributed by atoms with Gasteiger partial charge in [-0.15, -0.1) is 0 Å². The van der Waals surface area contributed by atoms with Gasteiger partial charge in [-0.25, -0.2) is 4.79 Å². The summed E-state index contributed by atoms with van der Waals surface area (Å²) in [7, 11) is 0. The van der Waals surface area contributed by atoms with Gasteiger partial charge in [0.1, 0.15) is 12.4 Å². The van der Waals surface area contributed by atoms with Crippen LogP contribution in [0.25, 0.3) is 0 Å². The van der Waals surface area contributed by atoms with Gasteiger partial charge in [0.2, 0.25) is 0 Å². The molecule has 0 amide bonds. The summed E-state index contributed by atoms with van der Waals surface area (Å²) in [4.78, 5) is 10.8. The lowest BCUT2D eigenvalue weighted by molar-refractivity contribution is -0.152. The second kappa shape index (κ2) is 6.25. The fourth-order valence-corrected chi connectivity index (χ4v) is 1.52. The Balaban J connectivity index is 2.62. The van der Waals surface area contributed by atoms with E-state index in [0.717, 1.165) is 11.1 Å². The number of aryl methyl sites for hydroxylation is 2. The molecule has 0 aliphatic carbocycles. The van der Waals surface area contributed by atoms with Crippen molar-refractivity contribution in [2.24, 2.45) is 0 Å². The highest BCUT2D eigenvalue weighted by Crippen LogP contribution is 2.19. The Morgan fingerprint density at radius 1 is 1.41 bits per heavy atom. The number of ether oxygens (including phenoxy) is 2. The van der Waals surface area contributed by atoms with Gasteiger partial charge in [-0.05, 0) is 32.4 Å². The van der Waals surface area contributed by atoms with Crippen molar-refractivity contribution < 1.29 is 19.4 Å². The van der Waals surface area contributed by atoms with Crippen LogP contribution in [0, 0.1) is 13.8 Å². The summed E-state index contributed by atoms with van der Waals surface area (Å²) in [5.74, 6) is -0.307. The van der Waals surface area contributed by atoms with Crippen LogP contribution in [-0.4, -0.2) is 30.4 Å². The van der Waals surface area contributed by atoms with Crippen molar-refractivity contribution in [3.05, 3.63) is 29.3 Å². The van der Waals surface area contributed by atoms with E-state index in [9.17, 15) is 4.79 Å². The van der Waals surface area contributed by atoms with Crippen molar-refractivity contribution in [3.8, 4) is 5.75 Å². The number of carbonyl (C=O) groups is 1. The first-order valence-electron chi connectivity index (χ1n) is 5.59. The molecule has 4 nitrogen and oxygen atoms in total. The van der Waals surface area contributed by atoms with E-state index in [1.165, 1.54) is 0 Å². The van der Waals surface area contributed by atoms with Crippen LogP contribution in [0.1, 0.15) is 18.1 Å². The Morgan fingerprint density at radius 2 is 2.12 bits per heavy atom. The molecule has 17 heavy (non-hydrogen) atoms. The fourth-order valence-electron chi connectivity index (χ4n) is 1.52. The van der Waals surface area contributed by atoms with E-state index < -0.39 is 12.1 Å². The summed E-state index contributed by atoms with van der Waals surface area (Å²) in [5.41, 5.74) is 2.14. The molecule has 0 saturated carbocycles. The first-order chi connectivity index (χ1) is 8.04. The highest BCUT2D eigenvalue weighted by Gasteiger charge is 2.18. The summed E-state index contributed by atoms with van der Waals surface area (Å²) in [6.07, 6.45) is -0.916. The number of carboxylic acids is 1. The molecule has 0 aliphatic heterocycles. The molecule has 1 N–H and O–H groups in total. The topological polar surface area (TPSA) is 55.8 Å². The summed E-state index contributed by atoms with van der Waals surface area (Å²) in [6.45, 7) is 6.06. The van der Waals surface area contributed by atoms with Crippen molar-refractivity contribution >= 4 is 5.97 Å². The summed E-state index contributed by atoms with van der Waals surface area (Å²) < 4.78 is 10.5. The van der Waals surface area contributed by atoms with E-state index in [2.05, 4.69) is 0 Å². The molecule has 0 fully saturated rings. The third-order valence-corrected chi connectivity index (χ3v) is 2.36. The molecule has 94 valence electrons. The van der Waals surface area contributed by atoms with E-state index in [1.807, 2.05) is 32.0 Å². The van der Waals surface area contributed by atoms with Gasteiger partial charge in [-0.1, -0.05) is 17.7 Å². The van der Waals surface area contributed by atoms with Gasteiger partial charge in [-0.3, -0.25) is 0 Å². The molecule has 4 heteroatoms. The summed E-state index contributed by atoms with van der Waals surface area (Å²) in [6, 6.07) is 5.76. The van der Waals surface area contributed by atoms with Gasteiger partial charge in [0.25, 0.3) is 0 Å². The van der Waals surface area contributed by atoms with Gasteiger partial charge in [0, 0.05) is 6.61 Å². The predicted octanol–water partition coefficient (Wildman–Crippen LogP) is 2.17. The SMILES string of the molecule is CCOC(COc1ccc(C)cc1C)C(=O)O. The number of benzene rings is 1. The lowest BCUT2D eigenvalue weighted by atomic mass is 10.1. The standard InChI is InChI=1S/C13H18O4/c1-4-16-12(13(14)15)8-17-11-6-5-9(2)7-10(11)3/h5-7,12H,4,8H2,1-3H3,(H,14,15). The predicted molar refractivity (Wildman–Crippen MR) is 64.5 cm³/mol. The molecule has 0 radical (unpaired) electrons. The molecule has 0 bridgehead atoms. The second-order valence-electron chi connectivity index (χ2n) is 3.86. The molecule has 1 atom stereocenters. The minimum Gasteiger partial charge on any atom is -0.490 e. The number of aliphatic carboxylic acids is 1. The summed E-state index contributed by atoms with van der Waals surface area (Å²) in [5, 5.41) is 8.89. The lowest BCUT2D eigenvalue weighted by Crippen LogP contribution is -2.30. The molecule has 1 rings (SSSR count). The van der Waals surface area contributed by atoms with Crippen LogP contribution in [0.3, 0.4) is 0 Å². The zero-order valence-electron chi connectivity index (χ0n) is 10.4. The van der Waals surface area contributed by atoms with Crippen LogP contribution < -0.4 is 4.74 Å². The zero-order valence-corrected chi connectivity index (χ0v) is 10.4. The van der Waals surface area contributed by atoms with Crippen molar-refractivity contribution in [1.82, 2.24) is 0 Å². The van der Waals surface area contributed by atoms with Crippen molar-refractivity contribution in [2.75, 3.05) is 13.2 Å². The molecule has 1 unspecified atom stereocenters. The second-order valence-corrected chi connectivity index (χ2v) is 3.86. The van der Waals surface area contributed by atoms with Gasteiger partial charge in [0.05, 0.1) is 0 Å². The van der Waals surface area contributed by atoms with Crippen molar-refractivity contribution in [2.45, 2.75) is 26.9 Å². The third kappa shape index (κ3) is 4.07. The van der Waals surface area contributed by atoms with E-state index in [1.54, 1.807) is 6.92 Å². The van der Waals surface area contributed by atoms with Crippen LogP contribution >= 0.6 is 0 Å². The number of carboxylic acid groups (broad SMARTS) is 1. The Bertz CT molecular complexity index is 387. The minimum atomic E-state index is -1.00. The average molecular weight is 238 g/mol. The van der Waals surface area contributed by atoms with Gasteiger partial charge < -0.3 is 14.6 Å². The molecule has 0 spiro atoms. The zero-order chi connectivity index (χ0) is 12.8. The smallest absolute Gasteiger partial charge is 0.336 e. The number of hydrogen-bond donors (Lipinski definition) is 1. The monoisotopic (exact) mass is 238 g/mol. The highest BCUT2D eigenvalue weighted by atomic mass is 16.5. The number of rotatable bonds is 6. The van der Waals surface area contributed by atoms with Gasteiger partial charge >= 0.3 is 5.97 Å². The molecular weight excluding hydrogens is 220 g/mol. The maximum absolute atomic E-state index is 10.8. The van der Waals surface area contributed by atoms with Crippen LogP contribution in [-0.2, 0) is 9.53 Å². The lowest BCUT2D eigenvalue weighted by Gasteiger charge is -2.15. The van der Waals surface area contributed by atoms with E-state index in [-0.39, 0.29) is 6.61 Å². The summed E-state index contributed by atoms with van der Waals surface area (Å²) >= 11 is 0. The van der Waals surface area contributed by atoms with E-state index in [0.29, 0.717) is 12.4 Å². The molecule has 0 saturated heterocycles. The van der Waals surface area contributed by atoms with Gasteiger partial charge in [0.15, 0.2) is 6.10 Å². The van der Waals surface area contributed by atoms with Crippen LogP contribution in [0.5, 0.6) is 5.75 Å². The normalized spacial score (nSPS) is 12.2.